The predicted octanol–water partition coefficient (Wildman–Crippen LogP) is 6.40. The minimum atomic E-state index is -0.270. The summed E-state index contributed by atoms with van der Waals surface area (Å²) < 4.78 is 20.1. The smallest absolute Gasteiger partial charge is 0.255 e. The largest absolute Gasteiger partial charge is 0.457 e. The van der Waals surface area contributed by atoms with Crippen molar-refractivity contribution in [2.45, 2.75) is 25.3 Å². The summed E-state index contributed by atoms with van der Waals surface area (Å²) in [6.07, 6.45) is 3.40. The van der Waals surface area contributed by atoms with Crippen molar-refractivity contribution in [1.29, 1.82) is 0 Å². The van der Waals surface area contributed by atoms with Gasteiger partial charge in [-0.2, -0.15) is 0 Å². The lowest BCUT2D eigenvalue weighted by atomic mass is 9.98. The maximum Gasteiger partial charge on any atom is 0.255 e. The number of rotatable bonds is 5. The molecule has 1 amide bonds. The second-order valence-electron chi connectivity index (χ2n) is 8.21. The number of carbonyl (C=O) groups is 1. The Hall–Kier alpha value is -3.44. The fraction of sp³-hybridized carbons (Fsp3) is 0.222. The molecule has 1 atom stereocenters. The van der Waals surface area contributed by atoms with Crippen LogP contribution in [0, 0.1) is 5.82 Å². The Morgan fingerprint density at radius 1 is 0.875 bits per heavy atom. The number of likely N-dealkylation sites (tertiary alicyclic amines) is 1. The number of nitrogens with one attached hydrogen (secondary N) is 1. The number of anilines is 1. The zero-order valence-corrected chi connectivity index (χ0v) is 17.8. The lowest BCUT2D eigenvalue weighted by molar-refractivity contribution is 0.102. The van der Waals surface area contributed by atoms with Crippen LogP contribution >= 0.6 is 0 Å². The molecule has 1 aliphatic heterocycles. The van der Waals surface area contributed by atoms with Gasteiger partial charge < -0.3 is 9.73 Å². The molecule has 1 N–H and O–H groups in total. The van der Waals surface area contributed by atoms with Crippen molar-refractivity contribution in [3.8, 4) is 0 Å². The fourth-order valence-corrected chi connectivity index (χ4v) is 4.51. The Labute approximate surface area is 186 Å². The lowest BCUT2D eigenvalue weighted by Gasteiger charge is -2.34. The number of amides is 1. The van der Waals surface area contributed by atoms with Gasteiger partial charge >= 0.3 is 0 Å². The molecular formula is C27H25FN2O2. The fourth-order valence-electron chi connectivity index (χ4n) is 4.51. The van der Waals surface area contributed by atoms with Crippen molar-refractivity contribution in [2.75, 3.05) is 18.4 Å². The molecule has 0 aliphatic carbocycles. The van der Waals surface area contributed by atoms with E-state index in [2.05, 4.69) is 10.2 Å². The predicted molar refractivity (Wildman–Crippen MR) is 124 cm³/mol. The van der Waals surface area contributed by atoms with E-state index >= 15 is 0 Å². The van der Waals surface area contributed by atoms with Gasteiger partial charge in [-0.15, -0.1) is 0 Å². The molecule has 3 aromatic carbocycles. The third kappa shape index (κ3) is 4.04. The molecule has 5 heteroatoms. The average Bonchev–Trinajstić information content (AvgIpc) is 3.19. The maximum atomic E-state index is 13.7. The van der Waals surface area contributed by atoms with Gasteiger partial charge in [-0.05, 0) is 67.9 Å². The van der Waals surface area contributed by atoms with Gasteiger partial charge in [0, 0.05) is 10.9 Å². The average molecular weight is 429 g/mol. The summed E-state index contributed by atoms with van der Waals surface area (Å²) in [6.45, 7) is 1.84. The molecule has 0 bridgehead atoms. The van der Waals surface area contributed by atoms with Crippen molar-refractivity contribution in [1.82, 2.24) is 4.90 Å². The first kappa shape index (κ1) is 20.5. The standard InChI is InChI=1S/C27H25FN2O2/c28-21-15-13-19(14-16-21)25(30-17-7-2-8-18-30)26-24(22-11-5-6-12-23(22)32-26)29-27(31)20-9-3-1-4-10-20/h1,3-6,9-16,25H,2,7-8,17-18H2,(H,29,31)/t25-/m1/s1. The molecule has 32 heavy (non-hydrogen) atoms. The number of hydrogen-bond acceptors (Lipinski definition) is 3. The van der Waals surface area contributed by atoms with E-state index in [9.17, 15) is 9.18 Å². The molecule has 1 saturated heterocycles. The normalized spacial score (nSPS) is 15.5. The summed E-state index contributed by atoms with van der Waals surface area (Å²) in [6, 6.07) is 23.3. The van der Waals surface area contributed by atoms with Crippen molar-refractivity contribution in [3.63, 3.8) is 0 Å². The van der Waals surface area contributed by atoms with E-state index < -0.39 is 0 Å². The third-order valence-electron chi connectivity index (χ3n) is 6.09. The molecule has 1 fully saturated rings. The van der Waals surface area contributed by atoms with E-state index in [1.807, 2.05) is 54.6 Å². The molecule has 0 unspecified atom stereocenters. The van der Waals surface area contributed by atoms with E-state index in [1.54, 1.807) is 12.1 Å². The van der Waals surface area contributed by atoms with Gasteiger partial charge in [0.25, 0.3) is 5.91 Å². The Kier molecular flexibility index (Phi) is 5.73. The number of para-hydroxylation sites is 1. The molecule has 0 spiro atoms. The van der Waals surface area contributed by atoms with E-state index in [1.165, 1.54) is 18.6 Å². The summed E-state index contributed by atoms with van der Waals surface area (Å²) in [5, 5.41) is 3.97. The molecule has 0 saturated carbocycles. The Morgan fingerprint density at radius 3 is 2.31 bits per heavy atom. The molecule has 1 aliphatic rings. The molecule has 4 aromatic rings. The number of piperidine rings is 1. The number of furan rings is 1. The Bertz CT molecular complexity index is 1210. The molecule has 0 radical (unpaired) electrons. The third-order valence-corrected chi connectivity index (χ3v) is 6.09. The first-order chi connectivity index (χ1) is 15.7. The van der Waals surface area contributed by atoms with Crippen molar-refractivity contribution in [2.24, 2.45) is 0 Å². The van der Waals surface area contributed by atoms with E-state index in [0.717, 1.165) is 42.5 Å². The van der Waals surface area contributed by atoms with Gasteiger partial charge in [0.05, 0.1) is 11.7 Å². The van der Waals surface area contributed by atoms with Gasteiger partial charge in [0.1, 0.15) is 17.2 Å². The van der Waals surface area contributed by atoms with Crippen molar-refractivity contribution in [3.05, 3.63) is 102 Å². The number of carbonyl (C=O) groups excluding carboxylic acids is 1. The number of benzene rings is 3. The zero-order valence-electron chi connectivity index (χ0n) is 17.8. The SMILES string of the molecule is O=C(Nc1c([C@@H](c2ccc(F)cc2)N2CCCCC2)oc2ccccc12)c1ccccc1. The van der Waals surface area contributed by atoms with Crippen LogP contribution in [0.5, 0.6) is 0 Å². The van der Waals surface area contributed by atoms with Crippen LogP contribution in [0.2, 0.25) is 0 Å². The number of nitrogens with zero attached hydrogens (tertiary/aromatic N) is 1. The van der Waals surface area contributed by atoms with Gasteiger partial charge in [-0.1, -0.05) is 48.9 Å². The second-order valence-corrected chi connectivity index (χ2v) is 8.21. The molecule has 1 aromatic heterocycles. The van der Waals surface area contributed by atoms with Crippen LogP contribution < -0.4 is 5.32 Å². The molecule has 162 valence electrons. The quantitative estimate of drug-likeness (QED) is 0.400. The van der Waals surface area contributed by atoms with Gasteiger partial charge in [-0.25, -0.2) is 4.39 Å². The minimum Gasteiger partial charge on any atom is -0.457 e. The minimum absolute atomic E-state index is 0.185. The van der Waals surface area contributed by atoms with Gasteiger partial charge in [0.2, 0.25) is 0 Å². The summed E-state index contributed by atoms with van der Waals surface area (Å²) in [4.78, 5) is 15.4. The highest BCUT2D eigenvalue weighted by Crippen LogP contribution is 2.41. The zero-order chi connectivity index (χ0) is 21.9. The van der Waals surface area contributed by atoms with Crippen LogP contribution in [0.3, 0.4) is 0 Å². The van der Waals surface area contributed by atoms with E-state index in [-0.39, 0.29) is 17.8 Å². The number of hydrogen-bond donors (Lipinski definition) is 1. The van der Waals surface area contributed by atoms with Crippen molar-refractivity contribution >= 4 is 22.6 Å². The first-order valence-electron chi connectivity index (χ1n) is 11.1. The van der Waals surface area contributed by atoms with Gasteiger partial charge in [-0.3, -0.25) is 9.69 Å². The summed E-state index contributed by atoms with van der Waals surface area (Å²) in [7, 11) is 0. The van der Waals surface area contributed by atoms with Crippen LogP contribution in [-0.2, 0) is 0 Å². The Balaban J connectivity index is 1.63. The lowest BCUT2D eigenvalue weighted by Crippen LogP contribution is -2.34. The summed E-state index contributed by atoms with van der Waals surface area (Å²) >= 11 is 0. The van der Waals surface area contributed by atoms with Gasteiger partial charge in [0.15, 0.2) is 0 Å². The highest BCUT2D eigenvalue weighted by Gasteiger charge is 2.31. The van der Waals surface area contributed by atoms with Crippen LogP contribution in [0.4, 0.5) is 10.1 Å². The van der Waals surface area contributed by atoms with Crippen LogP contribution in [0.15, 0.2) is 83.3 Å². The second kappa shape index (κ2) is 8.97. The topological polar surface area (TPSA) is 45.5 Å². The van der Waals surface area contributed by atoms with Crippen LogP contribution in [0.1, 0.15) is 47.0 Å². The maximum absolute atomic E-state index is 13.7. The monoisotopic (exact) mass is 428 g/mol. The summed E-state index contributed by atoms with van der Waals surface area (Å²) in [5.74, 6) is 0.229. The molecule has 2 heterocycles. The van der Waals surface area contributed by atoms with E-state index in [4.69, 9.17) is 4.42 Å². The molecule has 5 rings (SSSR count). The van der Waals surface area contributed by atoms with Crippen LogP contribution in [-0.4, -0.2) is 23.9 Å². The van der Waals surface area contributed by atoms with Crippen LogP contribution in [0.25, 0.3) is 11.0 Å². The summed E-state index contributed by atoms with van der Waals surface area (Å²) in [5.41, 5.74) is 2.92. The highest BCUT2D eigenvalue weighted by atomic mass is 19.1. The number of fused-ring (bicyclic) bond motifs is 1. The molecular weight excluding hydrogens is 403 g/mol. The Morgan fingerprint density at radius 2 is 1.56 bits per heavy atom. The van der Waals surface area contributed by atoms with E-state index in [0.29, 0.717) is 17.0 Å². The van der Waals surface area contributed by atoms with Crippen molar-refractivity contribution < 1.29 is 13.6 Å². The first-order valence-corrected chi connectivity index (χ1v) is 11.1. The highest BCUT2D eigenvalue weighted by molar-refractivity contribution is 6.09. The molecule has 4 nitrogen and oxygen atoms in total. The number of halogens is 1.